The maximum atomic E-state index is 12.3. The number of carbonyl (C=O) groups excluding carboxylic acids is 2. The number of anilines is 1. The van der Waals surface area contributed by atoms with Crippen molar-refractivity contribution in [3.05, 3.63) is 23.2 Å². The minimum absolute atomic E-state index is 0.0895. The van der Waals surface area contributed by atoms with Crippen molar-refractivity contribution >= 4 is 29.1 Å². The van der Waals surface area contributed by atoms with Gasteiger partial charge in [-0.2, -0.15) is 0 Å². The molecule has 0 saturated heterocycles. The molecule has 5 nitrogen and oxygen atoms in total. The van der Waals surface area contributed by atoms with Gasteiger partial charge < -0.3 is 15.4 Å². The number of ether oxygens (including phenoxy) is 1. The van der Waals surface area contributed by atoms with Crippen molar-refractivity contribution in [2.24, 2.45) is 11.8 Å². The lowest BCUT2D eigenvalue weighted by Gasteiger charge is -2.22. The molecule has 1 aliphatic carbocycles. The molecular formula is C18H23ClN2O3. The van der Waals surface area contributed by atoms with Gasteiger partial charge in [-0.1, -0.05) is 30.9 Å². The van der Waals surface area contributed by atoms with Gasteiger partial charge in [0.15, 0.2) is 0 Å². The summed E-state index contributed by atoms with van der Waals surface area (Å²) in [6.07, 6.45) is 6.31. The summed E-state index contributed by atoms with van der Waals surface area (Å²) < 4.78 is 5.66. The molecule has 1 saturated carbocycles. The van der Waals surface area contributed by atoms with Gasteiger partial charge in [0.1, 0.15) is 12.4 Å². The third-order valence-corrected chi connectivity index (χ3v) is 4.99. The third kappa shape index (κ3) is 4.41. The molecule has 24 heavy (non-hydrogen) atoms. The summed E-state index contributed by atoms with van der Waals surface area (Å²) in [6.45, 7) is 0.889. The molecule has 0 aromatic heterocycles. The molecule has 1 heterocycles. The smallest absolute Gasteiger partial charge is 0.231 e. The van der Waals surface area contributed by atoms with Gasteiger partial charge in [0.2, 0.25) is 11.8 Å². The van der Waals surface area contributed by atoms with Crippen LogP contribution in [0.4, 0.5) is 5.69 Å². The first-order valence-electron chi connectivity index (χ1n) is 8.62. The Bertz CT molecular complexity index is 614. The molecular weight excluding hydrogens is 328 g/mol. The van der Waals surface area contributed by atoms with E-state index in [9.17, 15) is 9.59 Å². The molecule has 1 aliphatic heterocycles. The van der Waals surface area contributed by atoms with Crippen molar-refractivity contribution in [3.8, 4) is 5.75 Å². The third-order valence-electron chi connectivity index (χ3n) is 4.76. The summed E-state index contributed by atoms with van der Waals surface area (Å²) in [7, 11) is 0. The predicted molar refractivity (Wildman–Crippen MR) is 93.3 cm³/mol. The standard InChI is InChI=1S/C18H23ClN2O3/c19-14-6-7-15-16(9-14)24-11-13(18(23)21-15)8-17(22)20-10-12-4-2-1-3-5-12/h6-7,9,12-13H,1-5,8,10-11H2,(H,20,22)(H,21,23). The van der Waals surface area contributed by atoms with Gasteiger partial charge in [0, 0.05) is 24.1 Å². The number of amides is 2. The fourth-order valence-electron chi connectivity index (χ4n) is 3.32. The highest BCUT2D eigenvalue weighted by Crippen LogP contribution is 2.31. The first kappa shape index (κ1) is 17.1. The Labute approximate surface area is 147 Å². The number of benzene rings is 1. The van der Waals surface area contributed by atoms with Crippen LogP contribution in [0.3, 0.4) is 0 Å². The summed E-state index contributed by atoms with van der Waals surface area (Å²) in [5, 5.41) is 6.33. The highest BCUT2D eigenvalue weighted by molar-refractivity contribution is 6.30. The second-order valence-electron chi connectivity index (χ2n) is 6.65. The molecule has 0 spiro atoms. The van der Waals surface area contributed by atoms with E-state index in [1.807, 2.05) is 0 Å². The molecule has 2 N–H and O–H groups in total. The van der Waals surface area contributed by atoms with Gasteiger partial charge in [-0.25, -0.2) is 0 Å². The second-order valence-corrected chi connectivity index (χ2v) is 7.09. The number of fused-ring (bicyclic) bond motifs is 1. The van der Waals surface area contributed by atoms with Crippen LogP contribution in [0.2, 0.25) is 5.02 Å². The Kier molecular flexibility index (Phi) is 5.61. The Hall–Kier alpha value is -1.75. The highest BCUT2D eigenvalue weighted by Gasteiger charge is 2.27. The van der Waals surface area contributed by atoms with Crippen LogP contribution in [0.25, 0.3) is 0 Å². The average molecular weight is 351 g/mol. The Morgan fingerprint density at radius 2 is 2.08 bits per heavy atom. The normalized spacial score (nSPS) is 21.2. The number of rotatable bonds is 4. The van der Waals surface area contributed by atoms with Gasteiger partial charge in [0.05, 0.1) is 11.6 Å². The van der Waals surface area contributed by atoms with Gasteiger partial charge in [-0.15, -0.1) is 0 Å². The number of nitrogens with one attached hydrogen (secondary N) is 2. The van der Waals surface area contributed by atoms with Crippen LogP contribution in [-0.4, -0.2) is 25.0 Å². The molecule has 3 rings (SSSR count). The lowest BCUT2D eigenvalue weighted by molar-refractivity contribution is -0.128. The number of carbonyl (C=O) groups is 2. The lowest BCUT2D eigenvalue weighted by Crippen LogP contribution is -2.35. The van der Waals surface area contributed by atoms with Crippen LogP contribution in [0.5, 0.6) is 5.75 Å². The maximum Gasteiger partial charge on any atom is 0.231 e. The van der Waals surface area contributed by atoms with Crippen LogP contribution >= 0.6 is 11.6 Å². The van der Waals surface area contributed by atoms with Crippen LogP contribution < -0.4 is 15.4 Å². The van der Waals surface area contributed by atoms with Crippen molar-refractivity contribution in [2.45, 2.75) is 38.5 Å². The van der Waals surface area contributed by atoms with E-state index in [0.29, 0.717) is 28.9 Å². The minimum atomic E-state index is -0.498. The molecule has 1 aromatic rings. The first-order valence-corrected chi connectivity index (χ1v) is 8.99. The number of hydrogen-bond acceptors (Lipinski definition) is 3. The summed E-state index contributed by atoms with van der Waals surface area (Å²) in [6, 6.07) is 5.07. The minimum Gasteiger partial charge on any atom is -0.491 e. The van der Waals surface area contributed by atoms with Crippen LogP contribution in [0, 0.1) is 11.8 Å². The van der Waals surface area contributed by atoms with E-state index >= 15 is 0 Å². The lowest BCUT2D eigenvalue weighted by atomic mass is 9.89. The van der Waals surface area contributed by atoms with Crippen LogP contribution in [0.15, 0.2) is 18.2 Å². The molecule has 0 radical (unpaired) electrons. The second kappa shape index (κ2) is 7.88. The monoisotopic (exact) mass is 350 g/mol. The fourth-order valence-corrected chi connectivity index (χ4v) is 3.48. The summed E-state index contributed by atoms with van der Waals surface area (Å²) in [5.74, 6) is 0.342. The molecule has 1 unspecified atom stereocenters. The van der Waals surface area contributed by atoms with E-state index in [1.165, 1.54) is 32.1 Å². The van der Waals surface area contributed by atoms with Crippen molar-refractivity contribution in [3.63, 3.8) is 0 Å². The summed E-state index contributed by atoms with van der Waals surface area (Å²) in [5.41, 5.74) is 0.592. The number of halogens is 1. The molecule has 0 bridgehead atoms. The Morgan fingerprint density at radius 1 is 1.29 bits per heavy atom. The van der Waals surface area contributed by atoms with Crippen molar-refractivity contribution < 1.29 is 14.3 Å². The van der Waals surface area contributed by atoms with Gasteiger partial charge >= 0.3 is 0 Å². The van der Waals surface area contributed by atoms with E-state index in [4.69, 9.17) is 16.3 Å². The molecule has 1 atom stereocenters. The van der Waals surface area contributed by atoms with E-state index in [-0.39, 0.29) is 24.8 Å². The van der Waals surface area contributed by atoms with Gasteiger partial charge in [0.25, 0.3) is 0 Å². The number of hydrogen-bond donors (Lipinski definition) is 2. The maximum absolute atomic E-state index is 12.3. The van der Waals surface area contributed by atoms with Gasteiger partial charge in [-0.05, 0) is 30.9 Å². The van der Waals surface area contributed by atoms with Crippen LogP contribution in [-0.2, 0) is 9.59 Å². The SMILES string of the molecule is O=C(CC1COc2cc(Cl)ccc2NC1=O)NCC1CCCCC1. The largest absolute Gasteiger partial charge is 0.491 e. The van der Waals surface area contributed by atoms with Gasteiger partial charge in [-0.3, -0.25) is 9.59 Å². The molecule has 2 aliphatic rings. The molecule has 130 valence electrons. The summed E-state index contributed by atoms with van der Waals surface area (Å²) in [4.78, 5) is 24.5. The average Bonchev–Trinajstić information content (AvgIpc) is 2.73. The zero-order valence-corrected chi connectivity index (χ0v) is 14.4. The van der Waals surface area contributed by atoms with E-state index < -0.39 is 5.92 Å². The van der Waals surface area contributed by atoms with Crippen molar-refractivity contribution in [1.29, 1.82) is 0 Å². The van der Waals surface area contributed by atoms with Crippen molar-refractivity contribution in [2.75, 3.05) is 18.5 Å². The highest BCUT2D eigenvalue weighted by atomic mass is 35.5. The van der Waals surface area contributed by atoms with Crippen molar-refractivity contribution in [1.82, 2.24) is 5.32 Å². The zero-order valence-electron chi connectivity index (χ0n) is 13.6. The Balaban J connectivity index is 1.52. The zero-order chi connectivity index (χ0) is 16.9. The molecule has 6 heteroatoms. The van der Waals surface area contributed by atoms with E-state index in [1.54, 1.807) is 18.2 Å². The van der Waals surface area contributed by atoms with Crippen LogP contribution in [0.1, 0.15) is 38.5 Å². The predicted octanol–water partition coefficient (Wildman–Crippen LogP) is 3.37. The molecule has 2 amide bonds. The van der Waals surface area contributed by atoms with E-state index in [2.05, 4.69) is 10.6 Å². The summed E-state index contributed by atoms with van der Waals surface area (Å²) >= 11 is 5.95. The molecule has 1 aromatic carbocycles. The topological polar surface area (TPSA) is 67.4 Å². The Morgan fingerprint density at radius 3 is 2.88 bits per heavy atom. The van der Waals surface area contributed by atoms with E-state index in [0.717, 1.165) is 0 Å². The quantitative estimate of drug-likeness (QED) is 0.874. The fraction of sp³-hybridized carbons (Fsp3) is 0.556. The molecule has 1 fully saturated rings. The first-order chi connectivity index (χ1) is 11.6.